The third-order valence-electron chi connectivity index (χ3n) is 4.07. The second-order valence-corrected chi connectivity index (χ2v) is 5.56. The van der Waals surface area contributed by atoms with Gasteiger partial charge in [-0.2, -0.15) is 0 Å². The Labute approximate surface area is 115 Å². The summed E-state index contributed by atoms with van der Waals surface area (Å²) in [5.41, 5.74) is 1.45. The quantitative estimate of drug-likeness (QED) is 0.886. The second-order valence-electron chi connectivity index (χ2n) is 5.56. The number of hydrogen-bond donors (Lipinski definition) is 1. The molecule has 0 bridgehead atoms. The average Bonchev–Trinajstić information content (AvgIpc) is 2.64. The van der Waals surface area contributed by atoms with Gasteiger partial charge in [0.2, 0.25) is 0 Å². The largest absolute Gasteiger partial charge is 0.313 e. The van der Waals surface area contributed by atoms with Crippen LogP contribution >= 0.6 is 0 Å². The molecule has 0 aromatic heterocycles. The minimum atomic E-state index is 0.650. The van der Waals surface area contributed by atoms with Crippen LogP contribution < -0.4 is 5.32 Å². The van der Waals surface area contributed by atoms with Crippen LogP contribution in [0.25, 0.3) is 10.8 Å². The molecule has 1 unspecified atom stereocenters. The summed E-state index contributed by atoms with van der Waals surface area (Å²) in [6, 6.07) is 16.0. The summed E-state index contributed by atoms with van der Waals surface area (Å²) in [6.45, 7) is 6.79. The van der Waals surface area contributed by atoms with E-state index in [-0.39, 0.29) is 0 Å². The Kier molecular flexibility index (Phi) is 3.81. The molecule has 1 heterocycles. The molecule has 2 aromatic carbocycles. The molecule has 0 radical (unpaired) electrons. The normalized spacial score (nSPS) is 21.4. The molecule has 0 aliphatic carbocycles. The molecule has 2 heteroatoms. The van der Waals surface area contributed by atoms with Crippen molar-refractivity contribution in [3.63, 3.8) is 0 Å². The first-order valence-electron chi connectivity index (χ1n) is 7.25. The smallest absolute Gasteiger partial charge is 0.0240 e. The first-order valence-corrected chi connectivity index (χ1v) is 7.25. The van der Waals surface area contributed by atoms with E-state index in [9.17, 15) is 0 Å². The Morgan fingerprint density at radius 3 is 2.89 bits per heavy atom. The third kappa shape index (κ3) is 2.96. The zero-order chi connectivity index (χ0) is 13.1. The van der Waals surface area contributed by atoms with Gasteiger partial charge in [0.25, 0.3) is 0 Å². The fourth-order valence-corrected chi connectivity index (χ4v) is 2.89. The van der Waals surface area contributed by atoms with Crippen molar-refractivity contribution in [2.24, 2.45) is 0 Å². The van der Waals surface area contributed by atoms with Crippen molar-refractivity contribution in [1.29, 1.82) is 0 Å². The van der Waals surface area contributed by atoms with Crippen LogP contribution in [-0.2, 0) is 6.54 Å². The number of nitrogens with one attached hydrogen (secondary N) is 1. The average molecular weight is 254 g/mol. The maximum atomic E-state index is 3.56. The van der Waals surface area contributed by atoms with Crippen LogP contribution in [0.4, 0.5) is 0 Å². The number of hydrogen-bond acceptors (Lipinski definition) is 2. The highest BCUT2D eigenvalue weighted by atomic mass is 15.2. The van der Waals surface area contributed by atoms with Crippen molar-refractivity contribution in [3.8, 4) is 0 Å². The van der Waals surface area contributed by atoms with Crippen molar-refractivity contribution >= 4 is 10.8 Å². The lowest BCUT2D eigenvalue weighted by Crippen LogP contribution is -2.28. The molecule has 3 rings (SSSR count). The minimum Gasteiger partial charge on any atom is -0.313 e. The molecular weight excluding hydrogens is 232 g/mol. The topological polar surface area (TPSA) is 15.3 Å². The molecule has 1 aliphatic rings. The number of nitrogens with zero attached hydrogens (tertiary/aromatic N) is 1. The summed E-state index contributed by atoms with van der Waals surface area (Å²) in [5, 5.41) is 6.30. The van der Waals surface area contributed by atoms with Crippen LogP contribution in [0.1, 0.15) is 18.9 Å². The van der Waals surface area contributed by atoms with E-state index in [1.54, 1.807) is 0 Å². The van der Waals surface area contributed by atoms with E-state index >= 15 is 0 Å². The molecule has 0 spiro atoms. The van der Waals surface area contributed by atoms with Gasteiger partial charge in [-0.3, -0.25) is 4.90 Å². The summed E-state index contributed by atoms with van der Waals surface area (Å²) in [7, 11) is 0. The molecule has 19 heavy (non-hydrogen) atoms. The number of fused-ring (bicyclic) bond motifs is 1. The lowest BCUT2D eigenvalue weighted by atomic mass is 10.0. The highest BCUT2D eigenvalue weighted by Crippen LogP contribution is 2.20. The molecule has 2 nitrogen and oxygen atoms in total. The molecule has 1 saturated heterocycles. The van der Waals surface area contributed by atoms with Crippen LogP contribution in [0.3, 0.4) is 0 Å². The summed E-state index contributed by atoms with van der Waals surface area (Å²) in [5.74, 6) is 0. The van der Waals surface area contributed by atoms with Gasteiger partial charge in [0.15, 0.2) is 0 Å². The molecule has 1 fully saturated rings. The lowest BCUT2D eigenvalue weighted by Gasteiger charge is -2.20. The highest BCUT2D eigenvalue weighted by Gasteiger charge is 2.13. The fourth-order valence-electron chi connectivity index (χ4n) is 2.89. The van der Waals surface area contributed by atoms with Gasteiger partial charge in [-0.15, -0.1) is 0 Å². The van der Waals surface area contributed by atoms with E-state index in [4.69, 9.17) is 0 Å². The first-order chi connectivity index (χ1) is 9.33. The summed E-state index contributed by atoms with van der Waals surface area (Å²) >= 11 is 0. The zero-order valence-corrected chi connectivity index (χ0v) is 11.6. The van der Waals surface area contributed by atoms with Gasteiger partial charge >= 0.3 is 0 Å². The van der Waals surface area contributed by atoms with Crippen molar-refractivity contribution in [3.05, 3.63) is 48.0 Å². The Balaban J connectivity index is 1.81. The Morgan fingerprint density at radius 2 is 1.95 bits per heavy atom. The molecule has 2 aromatic rings. The molecule has 1 N–H and O–H groups in total. The SMILES string of the molecule is CC1CCN(Cc2cccc3ccccc23)CCN1. The third-order valence-corrected chi connectivity index (χ3v) is 4.07. The maximum absolute atomic E-state index is 3.56. The number of rotatable bonds is 2. The molecule has 0 saturated carbocycles. The monoisotopic (exact) mass is 254 g/mol. The molecule has 0 amide bonds. The maximum Gasteiger partial charge on any atom is 0.0240 e. The fraction of sp³-hybridized carbons (Fsp3) is 0.412. The van der Waals surface area contributed by atoms with Crippen LogP contribution in [0.2, 0.25) is 0 Å². The first kappa shape index (κ1) is 12.6. The van der Waals surface area contributed by atoms with Gasteiger partial charge in [0.1, 0.15) is 0 Å². The van der Waals surface area contributed by atoms with Gasteiger partial charge in [-0.1, -0.05) is 42.5 Å². The molecule has 1 atom stereocenters. The summed E-state index contributed by atoms with van der Waals surface area (Å²) < 4.78 is 0. The second kappa shape index (κ2) is 5.72. The molecular formula is C17H22N2. The Bertz CT molecular complexity index is 544. The van der Waals surface area contributed by atoms with Crippen LogP contribution in [0, 0.1) is 0 Å². The van der Waals surface area contributed by atoms with Crippen LogP contribution in [0.5, 0.6) is 0 Å². The van der Waals surface area contributed by atoms with Gasteiger partial charge < -0.3 is 5.32 Å². The molecule has 1 aliphatic heterocycles. The molecule has 100 valence electrons. The predicted molar refractivity (Wildman–Crippen MR) is 81.3 cm³/mol. The lowest BCUT2D eigenvalue weighted by molar-refractivity contribution is 0.283. The van der Waals surface area contributed by atoms with Crippen molar-refractivity contribution in [2.45, 2.75) is 25.9 Å². The van der Waals surface area contributed by atoms with Gasteiger partial charge in [-0.25, -0.2) is 0 Å². The van der Waals surface area contributed by atoms with E-state index in [1.165, 1.54) is 29.3 Å². The van der Waals surface area contributed by atoms with Crippen molar-refractivity contribution in [2.75, 3.05) is 19.6 Å². The summed E-state index contributed by atoms with van der Waals surface area (Å²) in [4.78, 5) is 2.57. The van der Waals surface area contributed by atoms with E-state index in [2.05, 4.69) is 59.6 Å². The van der Waals surface area contributed by atoms with E-state index in [1.807, 2.05) is 0 Å². The van der Waals surface area contributed by atoms with Crippen LogP contribution in [0.15, 0.2) is 42.5 Å². The minimum absolute atomic E-state index is 0.650. The number of benzene rings is 2. The van der Waals surface area contributed by atoms with E-state index in [0.29, 0.717) is 6.04 Å². The predicted octanol–water partition coefficient (Wildman–Crippen LogP) is 3.02. The van der Waals surface area contributed by atoms with Gasteiger partial charge in [-0.05, 0) is 29.7 Å². The Hall–Kier alpha value is -1.38. The van der Waals surface area contributed by atoms with Crippen LogP contribution in [-0.4, -0.2) is 30.6 Å². The highest BCUT2D eigenvalue weighted by molar-refractivity contribution is 5.85. The van der Waals surface area contributed by atoms with Crippen molar-refractivity contribution in [1.82, 2.24) is 10.2 Å². The summed E-state index contributed by atoms with van der Waals surface area (Å²) in [6.07, 6.45) is 1.24. The van der Waals surface area contributed by atoms with E-state index in [0.717, 1.165) is 19.6 Å². The van der Waals surface area contributed by atoms with Crippen molar-refractivity contribution < 1.29 is 0 Å². The Morgan fingerprint density at radius 1 is 1.11 bits per heavy atom. The van der Waals surface area contributed by atoms with Gasteiger partial charge in [0.05, 0.1) is 0 Å². The van der Waals surface area contributed by atoms with E-state index < -0.39 is 0 Å². The zero-order valence-electron chi connectivity index (χ0n) is 11.6. The van der Waals surface area contributed by atoms with Gasteiger partial charge in [0, 0.05) is 32.2 Å². The standard InChI is InChI=1S/C17H22N2/c1-14-9-11-19(12-10-18-14)13-16-7-4-6-15-5-2-3-8-17(15)16/h2-8,14,18H,9-13H2,1H3.